The number of amides is 1. The molecule has 2 aliphatic rings. The second kappa shape index (κ2) is 12.4. The number of hydrogen-bond donors (Lipinski definition) is 2. The number of carbonyl (C=O) groups is 2. The Morgan fingerprint density at radius 2 is 1.81 bits per heavy atom. The molecular weight excluding hydrogens is 563 g/mol. The highest BCUT2D eigenvalue weighted by Crippen LogP contribution is 2.36. The molecule has 1 aromatic carbocycles. The molecule has 226 valence electrons. The fourth-order valence-electron chi connectivity index (χ4n) is 5.48. The smallest absolute Gasteiger partial charge is 0.264 e. The topological polar surface area (TPSA) is 115 Å². The first kappa shape index (κ1) is 30.0. The third-order valence-corrected chi connectivity index (χ3v) is 8.10. The second-order valence-corrected chi connectivity index (χ2v) is 10.9. The minimum absolute atomic E-state index is 0.134. The normalized spacial score (nSPS) is 19.4. The van der Waals surface area contributed by atoms with Gasteiger partial charge in [0.15, 0.2) is 6.29 Å². The van der Waals surface area contributed by atoms with Crippen LogP contribution in [0.5, 0.6) is 0 Å². The summed E-state index contributed by atoms with van der Waals surface area (Å²) in [6.07, 6.45) is 3.75. The number of rotatable bonds is 7. The van der Waals surface area contributed by atoms with Gasteiger partial charge in [0.25, 0.3) is 12.3 Å². The summed E-state index contributed by atoms with van der Waals surface area (Å²) in [5, 5.41) is 2.73. The van der Waals surface area contributed by atoms with Gasteiger partial charge in [-0.25, -0.2) is 23.1 Å². The number of nitrogens with zero attached hydrogens (tertiary/aromatic N) is 5. The number of piperazine rings is 1. The summed E-state index contributed by atoms with van der Waals surface area (Å²) in [5.41, 5.74) is 0.240. The highest BCUT2D eigenvalue weighted by atomic mass is 19.3. The highest BCUT2D eigenvalue weighted by Gasteiger charge is 2.30. The number of likely N-dealkylation sites (N-methyl/N-ethyl adjacent to an activating group) is 1. The van der Waals surface area contributed by atoms with Gasteiger partial charge >= 0.3 is 0 Å². The molecule has 3 aromatic rings. The Hall–Kier alpha value is -4.52. The Kier molecular flexibility index (Phi) is 8.62. The number of carbonyl (C=O) groups excluding carboxylic acids is 2. The Bertz CT molecular complexity index is 1600. The molecule has 0 bridgehead atoms. The van der Waals surface area contributed by atoms with Crippen molar-refractivity contribution in [3.05, 3.63) is 81.3 Å². The zero-order valence-electron chi connectivity index (χ0n) is 24.0. The molecule has 0 saturated carbocycles. The quantitative estimate of drug-likeness (QED) is 0.392. The number of benzene rings is 1. The van der Waals surface area contributed by atoms with Crippen molar-refractivity contribution in [3.63, 3.8) is 0 Å². The van der Waals surface area contributed by atoms with Gasteiger partial charge in [-0.15, -0.1) is 0 Å². The van der Waals surface area contributed by atoms with Crippen LogP contribution < -0.4 is 20.7 Å². The molecule has 4 heterocycles. The monoisotopic (exact) mass is 595 g/mol. The number of aldehydes is 1. The maximum Gasteiger partial charge on any atom is 0.264 e. The predicted molar refractivity (Wildman–Crippen MR) is 157 cm³/mol. The van der Waals surface area contributed by atoms with E-state index in [9.17, 15) is 23.2 Å². The predicted octanol–water partition coefficient (Wildman–Crippen LogP) is 4.13. The number of pyridine rings is 1. The third-order valence-electron chi connectivity index (χ3n) is 8.10. The summed E-state index contributed by atoms with van der Waals surface area (Å²) in [6, 6.07) is 3.89. The van der Waals surface area contributed by atoms with Crippen LogP contribution in [-0.4, -0.2) is 77.4 Å². The summed E-state index contributed by atoms with van der Waals surface area (Å²) in [5.74, 6) is -0.880. The maximum absolute atomic E-state index is 15.8. The van der Waals surface area contributed by atoms with Crippen molar-refractivity contribution in [3.8, 4) is 0 Å². The number of halogens is 3. The molecule has 2 N–H and O–H groups in total. The third kappa shape index (κ3) is 6.31. The number of H-pyrrole nitrogens is 1. The molecule has 0 radical (unpaired) electrons. The average molecular weight is 596 g/mol. The van der Waals surface area contributed by atoms with Crippen LogP contribution in [0.1, 0.15) is 58.5 Å². The SMILES string of the molecule is CC1CN(c2cc(F)c(C3=CCN(c4ncc(C=O)cn4)CC3)cc2NC(=O)c2c[nH]c(=O)cc2C(F)F)CC(C)N1C. The lowest BCUT2D eigenvalue weighted by Gasteiger charge is -2.44. The number of nitrogens with one attached hydrogen (secondary N) is 2. The van der Waals surface area contributed by atoms with Crippen LogP contribution in [-0.2, 0) is 0 Å². The van der Waals surface area contributed by atoms with Gasteiger partial charge in [-0.1, -0.05) is 6.08 Å². The van der Waals surface area contributed by atoms with E-state index in [0.717, 1.165) is 6.20 Å². The fraction of sp³-hybridized carbons (Fsp3) is 0.367. The van der Waals surface area contributed by atoms with Gasteiger partial charge in [0.2, 0.25) is 11.5 Å². The largest absolute Gasteiger partial charge is 0.367 e. The average Bonchev–Trinajstić information content (AvgIpc) is 3.00. The van der Waals surface area contributed by atoms with Crippen molar-refractivity contribution >= 4 is 35.1 Å². The molecule has 1 amide bonds. The zero-order valence-corrected chi connectivity index (χ0v) is 24.0. The minimum atomic E-state index is -3.04. The van der Waals surface area contributed by atoms with Crippen molar-refractivity contribution < 1.29 is 22.8 Å². The fourth-order valence-corrected chi connectivity index (χ4v) is 5.48. The Balaban J connectivity index is 1.50. The van der Waals surface area contributed by atoms with E-state index < -0.39 is 29.3 Å². The van der Waals surface area contributed by atoms with Crippen LogP contribution in [0.25, 0.3) is 5.57 Å². The second-order valence-electron chi connectivity index (χ2n) is 10.9. The Labute approximate surface area is 246 Å². The van der Waals surface area contributed by atoms with Crippen molar-refractivity contribution in [2.45, 2.75) is 38.8 Å². The first-order chi connectivity index (χ1) is 20.5. The summed E-state index contributed by atoms with van der Waals surface area (Å²) >= 11 is 0. The van der Waals surface area contributed by atoms with E-state index in [0.29, 0.717) is 67.7 Å². The zero-order chi connectivity index (χ0) is 30.8. The molecule has 1 saturated heterocycles. The lowest BCUT2D eigenvalue weighted by molar-refractivity contribution is 0.101. The van der Waals surface area contributed by atoms with Gasteiger partial charge < -0.3 is 20.1 Å². The summed E-state index contributed by atoms with van der Waals surface area (Å²) in [6.45, 7) is 6.10. The Morgan fingerprint density at radius 1 is 1.12 bits per heavy atom. The first-order valence-corrected chi connectivity index (χ1v) is 13.9. The molecule has 13 heteroatoms. The van der Waals surface area contributed by atoms with E-state index in [1.807, 2.05) is 22.9 Å². The molecule has 2 aliphatic heterocycles. The van der Waals surface area contributed by atoms with E-state index in [4.69, 9.17) is 0 Å². The number of aromatic amines is 1. The number of hydrogen-bond acceptors (Lipinski definition) is 8. The molecular formula is C30H32F3N7O3. The van der Waals surface area contributed by atoms with E-state index >= 15 is 4.39 Å². The summed E-state index contributed by atoms with van der Waals surface area (Å²) in [4.78, 5) is 52.7. The first-order valence-electron chi connectivity index (χ1n) is 13.9. The van der Waals surface area contributed by atoms with Gasteiger partial charge in [0, 0.05) is 74.0 Å². The van der Waals surface area contributed by atoms with E-state index in [1.54, 1.807) is 6.07 Å². The molecule has 2 atom stereocenters. The van der Waals surface area contributed by atoms with Gasteiger partial charge in [-0.2, -0.15) is 0 Å². The molecule has 2 aromatic heterocycles. The lowest BCUT2D eigenvalue weighted by atomic mass is 9.97. The van der Waals surface area contributed by atoms with E-state index in [1.165, 1.54) is 18.5 Å². The van der Waals surface area contributed by atoms with E-state index in [2.05, 4.69) is 39.0 Å². The standard InChI is InChI=1S/C30H32F3N7O3/c1-17-14-40(15-18(2)38(17)3)26-10-24(31)21(20-4-6-39(7-5-20)30-35-11-19(16-41)12-36-30)8-25(26)37-29(43)23-13-34-27(42)9-22(23)28(32)33/h4,8-13,16-18,28H,5-7,14-15H2,1-3H3,(H,34,42)(H,37,43). The van der Waals surface area contributed by atoms with Crippen LogP contribution in [0.2, 0.25) is 0 Å². The molecule has 0 spiro atoms. The summed E-state index contributed by atoms with van der Waals surface area (Å²) < 4.78 is 43.3. The summed E-state index contributed by atoms with van der Waals surface area (Å²) in [7, 11) is 2.02. The van der Waals surface area contributed by atoms with Crippen LogP contribution in [0.3, 0.4) is 0 Å². The van der Waals surface area contributed by atoms with Crippen LogP contribution in [0.4, 0.5) is 30.5 Å². The van der Waals surface area contributed by atoms with E-state index in [-0.39, 0.29) is 28.9 Å². The van der Waals surface area contributed by atoms with Crippen molar-refractivity contribution in [1.82, 2.24) is 19.9 Å². The van der Waals surface area contributed by atoms with Crippen molar-refractivity contribution in [1.29, 1.82) is 0 Å². The number of alkyl halides is 2. The number of aromatic nitrogens is 3. The van der Waals surface area contributed by atoms with Crippen LogP contribution in [0.15, 0.2) is 47.7 Å². The van der Waals surface area contributed by atoms with Crippen LogP contribution in [0, 0.1) is 5.82 Å². The molecule has 1 fully saturated rings. The van der Waals surface area contributed by atoms with Gasteiger partial charge in [0.05, 0.1) is 22.5 Å². The minimum Gasteiger partial charge on any atom is -0.367 e. The number of anilines is 3. The molecule has 2 unspecified atom stereocenters. The lowest BCUT2D eigenvalue weighted by Crippen LogP contribution is -2.55. The van der Waals surface area contributed by atoms with Crippen LogP contribution >= 0.6 is 0 Å². The highest BCUT2D eigenvalue weighted by molar-refractivity contribution is 6.07. The van der Waals surface area contributed by atoms with Gasteiger partial charge in [-0.3, -0.25) is 19.3 Å². The maximum atomic E-state index is 15.8. The molecule has 0 aliphatic carbocycles. The Morgan fingerprint density at radius 3 is 2.42 bits per heavy atom. The molecule has 10 nitrogen and oxygen atoms in total. The molecule has 43 heavy (non-hydrogen) atoms. The van der Waals surface area contributed by atoms with Crippen molar-refractivity contribution in [2.75, 3.05) is 48.3 Å². The van der Waals surface area contributed by atoms with Gasteiger partial charge in [-0.05, 0) is 45.0 Å². The van der Waals surface area contributed by atoms with Gasteiger partial charge in [0.1, 0.15) is 5.82 Å². The molecule has 5 rings (SSSR count). The van der Waals surface area contributed by atoms with Crippen molar-refractivity contribution in [2.24, 2.45) is 0 Å².